The Morgan fingerprint density at radius 1 is 1.03 bits per heavy atom. The molecule has 0 bridgehead atoms. The largest absolute Gasteiger partial charge is 0.451 e. The fourth-order valence-electron chi connectivity index (χ4n) is 2.87. The van der Waals surface area contributed by atoms with E-state index >= 15 is 0 Å². The molecular formula is C23H24N2O3S. The van der Waals surface area contributed by atoms with Crippen LogP contribution in [0.5, 0.6) is 0 Å². The Balaban J connectivity index is 1.56. The number of carbonyl (C=O) groups is 2. The van der Waals surface area contributed by atoms with Crippen molar-refractivity contribution in [3.05, 3.63) is 75.8 Å². The summed E-state index contributed by atoms with van der Waals surface area (Å²) >= 11 is 1.37. The van der Waals surface area contributed by atoms with Gasteiger partial charge in [-0.2, -0.15) is 0 Å². The van der Waals surface area contributed by atoms with Crippen LogP contribution in [0, 0.1) is 20.8 Å². The predicted molar refractivity (Wildman–Crippen MR) is 115 cm³/mol. The number of aryl methyl sites for hydroxylation is 3. The molecule has 0 radical (unpaired) electrons. The molecule has 0 spiro atoms. The van der Waals surface area contributed by atoms with Crippen molar-refractivity contribution in [3.63, 3.8) is 0 Å². The zero-order valence-corrected chi connectivity index (χ0v) is 17.9. The summed E-state index contributed by atoms with van der Waals surface area (Å²) in [6, 6.07) is 14.1. The quantitative estimate of drug-likeness (QED) is 0.562. The number of carbonyl (C=O) groups excluding carboxylic acids is 2. The molecule has 6 heteroatoms. The smallest absolute Gasteiger partial charge is 0.358 e. The average Bonchev–Trinajstić information content (AvgIpc) is 3.18. The van der Waals surface area contributed by atoms with E-state index in [4.69, 9.17) is 4.74 Å². The molecule has 0 saturated heterocycles. The van der Waals surface area contributed by atoms with Gasteiger partial charge in [-0.05, 0) is 31.9 Å². The third-order valence-corrected chi connectivity index (χ3v) is 5.56. The first-order valence-electron chi connectivity index (χ1n) is 9.33. The number of rotatable bonds is 6. The number of ether oxygens (including phenoxy) is 1. The lowest BCUT2D eigenvalue weighted by Gasteiger charge is -2.18. The van der Waals surface area contributed by atoms with Crippen LogP contribution >= 0.6 is 11.3 Å². The van der Waals surface area contributed by atoms with Gasteiger partial charge in [0, 0.05) is 24.5 Å². The van der Waals surface area contributed by atoms with E-state index < -0.39 is 5.97 Å². The van der Waals surface area contributed by atoms with E-state index in [0.29, 0.717) is 6.54 Å². The maximum absolute atomic E-state index is 12.4. The fraction of sp³-hybridized carbons (Fsp3) is 0.261. The molecule has 1 heterocycles. The third-order valence-electron chi connectivity index (χ3n) is 4.67. The van der Waals surface area contributed by atoms with Crippen molar-refractivity contribution in [3.8, 4) is 10.6 Å². The molecule has 0 aliphatic carbocycles. The summed E-state index contributed by atoms with van der Waals surface area (Å²) in [6.07, 6.45) is 0. The summed E-state index contributed by atoms with van der Waals surface area (Å²) in [5, 5.41) is 2.40. The number of hydrogen-bond donors (Lipinski definition) is 0. The highest BCUT2D eigenvalue weighted by Gasteiger charge is 2.17. The number of thiazole rings is 1. The molecule has 0 aliphatic rings. The van der Waals surface area contributed by atoms with Crippen LogP contribution in [-0.2, 0) is 16.1 Å². The minimum Gasteiger partial charge on any atom is -0.451 e. The Bertz CT molecular complexity index is 1020. The van der Waals surface area contributed by atoms with Crippen molar-refractivity contribution in [2.24, 2.45) is 0 Å². The summed E-state index contributed by atoms with van der Waals surface area (Å²) in [6.45, 7) is 6.24. The maximum atomic E-state index is 12.4. The van der Waals surface area contributed by atoms with Crippen molar-refractivity contribution in [1.29, 1.82) is 0 Å². The molecule has 0 N–H and O–H groups in total. The molecule has 3 aromatic rings. The van der Waals surface area contributed by atoms with Gasteiger partial charge in [0.05, 0.1) is 0 Å². The summed E-state index contributed by atoms with van der Waals surface area (Å²) in [7, 11) is 1.70. The van der Waals surface area contributed by atoms with Crippen LogP contribution in [0.4, 0.5) is 0 Å². The Morgan fingerprint density at radius 2 is 1.72 bits per heavy atom. The first kappa shape index (κ1) is 20.7. The molecule has 5 nitrogen and oxygen atoms in total. The molecule has 0 fully saturated rings. The number of esters is 1. The van der Waals surface area contributed by atoms with E-state index in [1.807, 2.05) is 57.2 Å². The van der Waals surface area contributed by atoms with Gasteiger partial charge in [-0.1, -0.05) is 53.6 Å². The van der Waals surface area contributed by atoms with Crippen LogP contribution in [0.1, 0.15) is 32.7 Å². The summed E-state index contributed by atoms with van der Waals surface area (Å²) in [5.41, 5.74) is 5.71. The fourth-order valence-corrected chi connectivity index (χ4v) is 3.67. The van der Waals surface area contributed by atoms with Crippen molar-refractivity contribution >= 4 is 23.2 Å². The van der Waals surface area contributed by atoms with Gasteiger partial charge >= 0.3 is 5.97 Å². The van der Waals surface area contributed by atoms with Gasteiger partial charge in [-0.25, -0.2) is 9.78 Å². The number of aromatic nitrogens is 1. The van der Waals surface area contributed by atoms with Crippen LogP contribution in [0.25, 0.3) is 10.6 Å². The Labute approximate surface area is 175 Å². The number of nitrogens with zero attached hydrogens (tertiary/aromatic N) is 2. The number of hydrogen-bond acceptors (Lipinski definition) is 5. The SMILES string of the molecule is Cc1ccc(-c2nc(C(=O)OCC(=O)N(C)Cc3ccc(C)cc3C)cs2)cc1. The molecule has 0 saturated carbocycles. The number of amides is 1. The van der Waals surface area contributed by atoms with Crippen molar-refractivity contribution < 1.29 is 14.3 Å². The first-order valence-corrected chi connectivity index (χ1v) is 10.2. The molecule has 0 atom stereocenters. The molecule has 0 aliphatic heterocycles. The van der Waals surface area contributed by atoms with Gasteiger partial charge in [0.15, 0.2) is 12.3 Å². The molecule has 29 heavy (non-hydrogen) atoms. The second kappa shape index (κ2) is 9.01. The van der Waals surface area contributed by atoms with Crippen LogP contribution in [-0.4, -0.2) is 35.4 Å². The molecular weight excluding hydrogens is 384 g/mol. The second-order valence-corrected chi connectivity index (χ2v) is 8.02. The van der Waals surface area contributed by atoms with E-state index in [2.05, 4.69) is 11.1 Å². The highest BCUT2D eigenvalue weighted by molar-refractivity contribution is 7.13. The summed E-state index contributed by atoms with van der Waals surface area (Å²) in [4.78, 5) is 30.5. The highest BCUT2D eigenvalue weighted by atomic mass is 32.1. The summed E-state index contributed by atoms with van der Waals surface area (Å²) < 4.78 is 5.18. The Morgan fingerprint density at radius 3 is 2.41 bits per heavy atom. The van der Waals surface area contributed by atoms with Crippen molar-refractivity contribution in [2.75, 3.05) is 13.7 Å². The summed E-state index contributed by atoms with van der Waals surface area (Å²) in [5.74, 6) is -0.847. The molecule has 2 aromatic carbocycles. The van der Waals surface area contributed by atoms with Gasteiger partial charge in [0.25, 0.3) is 5.91 Å². The zero-order valence-electron chi connectivity index (χ0n) is 17.1. The normalized spacial score (nSPS) is 10.6. The topological polar surface area (TPSA) is 59.5 Å². The van der Waals surface area contributed by atoms with Gasteiger partial charge in [-0.15, -0.1) is 11.3 Å². The maximum Gasteiger partial charge on any atom is 0.358 e. The van der Waals surface area contributed by atoms with Gasteiger partial charge in [0.1, 0.15) is 5.01 Å². The lowest BCUT2D eigenvalue weighted by Crippen LogP contribution is -2.31. The molecule has 3 rings (SSSR count). The third kappa shape index (κ3) is 5.29. The number of benzene rings is 2. The number of likely N-dealkylation sites (N-methyl/N-ethyl adjacent to an activating group) is 1. The molecule has 150 valence electrons. The predicted octanol–water partition coefficient (Wildman–Crippen LogP) is 4.55. The highest BCUT2D eigenvalue weighted by Crippen LogP contribution is 2.24. The van der Waals surface area contributed by atoms with Gasteiger partial charge in [-0.3, -0.25) is 4.79 Å². The average molecular weight is 409 g/mol. The molecule has 1 aromatic heterocycles. The lowest BCUT2D eigenvalue weighted by atomic mass is 10.1. The Hall–Kier alpha value is -2.99. The van der Waals surface area contributed by atoms with E-state index in [-0.39, 0.29) is 18.2 Å². The van der Waals surface area contributed by atoms with Crippen molar-refractivity contribution in [1.82, 2.24) is 9.88 Å². The van der Waals surface area contributed by atoms with E-state index in [1.165, 1.54) is 16.9 Å². The zero-order chi connectivity index (χ0) is 21.0. The lowest BCUT2D eigenvalue weighted by molar-refractivity contribution is -0.133. The van der Waals surface area contributed by atoms with E-state index in [9.17, 15) is 9.59 Å². The standard InChI is InChI=1S/C23H24N2O3S/c1-15-5-8-18(9-6-15)22-24-20(14-29-22)23(27)28-13-21(26)25(4)12-19-10-7-16(2)11-17(19)3/h5-11,14H,12-13H2,1-4H3. The van der Waals surface area contributed by atoms with E-state index in [1.54, 1.807) is 17.3 Å². The van der Waals surface area contributed by atoms with Crippen LogP contribution in [0.3, 0.4) is 0 Å². The van der Waals surface area contributed by atoms with Gasteiger partial charge in [0.2, 0.25) is 0 Å². The first-order chi connectivity index (χ1) is 13.8. The molecule has 1 amide bonds. The Kier molecular flexibility index (Phi) is 6.44. The van der Waals surface area contributed by atoms with E-state index in [0.717, 1.165) is 27.3 Å². The monoisotopic (exact) mass is 408 g/mol. The second-order valence-electron chi connectivity index (χ2n) is 7.16. The van der Waals surface area contributed by atoms with Crippen molar-refractivity contribution in [2.45, 2.75) is 27.3 Å². The minimum absolute atomic E-state index is 0.218. The van der Waals surface area contributed by atoms with Crippen LogP contribution in [0.2, 0.25) is 0 Å². The van der Waals surface area contributed by atoms with Crippen LogP contribution in [0.15, 0.2) is 47.8 Å². The van der Waals surface area contributed by atoms with Crippen LogP contribution < -0.4 is 0 Å². The minimum atomic E-state index is -0.590. The molecule has 0 unspecified atom stereocenters. The van der Waals surface area contributed by atoms with Gasteiger partial charge < -0.3 is 9.64 Å².